The van der Waals surface area contributed by atoms with Crippen molar-refractivity contribution >= 4 is 5.57 Å². The molecule has 2 rings (SSSR count). The zero-order chi connectivity index (χ0) is 27.0. The average Bonchev–Trinajstić information content (AvgIpc) is 2.70. The van der Waals surface area contributed by atoms with Crippen LogP contribution in [0.3, 0.4) is 0 Å². The van der Waals surface area contributed by atoms with Crippen molar-refractivity contribution in [2.24, 2.45) is 0 Å². The van der Waals surface area contributed by atoms with E-state index >= 15 is 0 Å². The van der Waals surface area contributed by atoms with Gasteiger partial charge in [0.05, 0.1) is 34.9 Å². The first kappa shape index (κ1) is 27.9. The van der Waals surface area contributed by atoms with E-state index in [1.54, 1.807) is 0 Å². The fraction of sp³-hybridized carbons (Fsp3) is 0.238. The third-order valence-corrected chi connectivity index (χ3v) is 4.33. The third kappa shape index (κ3) is 7.33. The number of aromatic nitrogens is 2. The summed E-state index contributed by atoms with van der Waals surface area (Å²) in [5, 5.41) is 0. The quantitative estimate of drug-likeness (QED) is 0.300. The summed E-state index contributed by atoms with van der Waals surface area (Å²) < 4.78 is 156. The van der Waals surface area contributed by atoms with Gasteiger partial charge in [0, 0.05) is 22.3 Å². The number of rotatable bonds is 4. The maximum atomic E-state index is 13.1. The molecule has 2 nitrogen and oxygen atoms in total. The highest BCUT2D eigenvalue weighted by molar-refractivity contribution is 5.76. The Morgan fingerprint density at radius 3 is 1.69 bits per heavy atom. The highest BCUT2D eigenvalue weighted by Crippen LogP contribution is 2.39. The fourth-order valence-electron chi connectivity index (χ4n) is 2.52. The summed E-state index contributed by atoms with van der Waals surface area (Å²) in [6.45, 7) is 3.24. The molecule has 0 fully saturated rings. The van der Waals surface area contributed by atoms with Gasteiger partial charge in [-0.05, 0) is 37.3 Å². The molecule has 0 bridgehead atoms. The molecule has 14 heteroatoms. The molecule has 190 valence electrons. The Bertz CT molecular complexity index is 1130. The molecule has 0 unspecified atom stereocenters. The van der Waals surface area contributed by atoms with Crippen LogP contribution >= 0.6 is 0 Å². The zero-order valence-corrected chi connectivity index (χ0v) is 17.2. The van der Waals surface area contributed by atoms with Gasteiger partial charge in [0.15, 0.2) is 0 Å². The molecule has 1 aromatic carbocycles. The first-order valence-corrected chi connectivity index (χ1v) is 9.05. The van der Waals surface area contributed by atoms with Gasteiger partial charge in [0.2, 0.25) is 0 Å². The molecular weight excluding hydrogens is 508 g/mol. The Hall–Kier alpha value is -3.32. The van der Waals surface area contributed by atoms with Crippen molar-refractivity contribution < 1.29 is 52.7 Å². The van der Waals surface area contributed by atoms with Crippen molar-refractivity contribution in [3.63, 3.8) is 0 Å². The van der Waals surface area contributed by atoms with Gasteiger partial charge in [-0.3, -0.25) is 4.98 Å². The van der Waals surface area contributed by atoms with E-state index in [4.69, 9.17) is 0 Å². The van der Waals surface area contributed by atoms with E-state index in [1.807, 2.05) is 0 Å². The SMILES string of the molecule is C=C(/C=C(\C=C(/C)C(F)(F)F)c1cncc(-c2cc(C(F)(F)F)cc(C(F)(F)F)c2)n1)C(F)(F)F. The molecule has 0 amide bonds. The Kier molecular flexibility index (Phi) is 7.48. The van der Waals surface area contributed by atoms with Gasteiger partial charge >= 0.3 is 24.7 Å². The molecule has 0 N–H and O–H groups in total. The topological polar surface area (TPSA) is 25.8 Å². The van der Waals surface area contributed by atoms with Crippen LogP contribution in [0.2, 0.25) is 0 Å². The summed E-state index contributed by atoms with van der Waals surface area (Å²) in [5.41, 5.74) is -9.34. The van der Waals surface area contributed by atoms with Crippen LogP contribution in [0.1, 0.15) is 23.7 Å². The molecule has 1 aromatic heterocycles. The maximum Gasteiger partial charge on any atom is 0.416 e. The Morgan fingerprint density at radius 2 is 1.26 bits per heavy atom. The van der Waals surface area contributed by atoms with Crippen molar-refractivity contribution in [2.45, 2.75) is 31.6 Å². The van der Waals surface area contributed by atoms with Crippen molar-refractivity contribution in [1.82, 2.24) is 9.97 Å². The number of nitrogens with zero attached hydrogens (tertiary/aromatic N) is 2. The summed E-state index contributed by atoms with van der Waals surface area (Å²) in [6, 6.07) is 0.421. The van der Waals surface area contributed by atoms with E-state index in [2.05, 4.69) is 16.5 Å². The largest absolute Gasteiger partial charge is 0.416 e. The first-order valence-electron chi connectivity index (χ1n) is 9.05. The molecule has 2 aromatic rings. The predicted octanol–water partition coefficient (Wildman–Crippen LogP) is 8.19. The molecule has 0 saturated carbocycles. The Morgan fingerprint density at radius 1 is 0.743 bits per heavy atom. The lowest BCUT2D eigenvalue weighted by atomic mass is 10.0. The normalized spacial score (nSPS) is 14.3. The summed E-state index contributed by atoms with van der Waals surface area (Å²) in [4.78, 5) is 7.19. The maximum absolute atomic E-state index is 13.1. The Balaban J connectivity index is 2.75. The van der Waals surface area contributed by atoms with E-state index in [-0.39, 0.29) is 30.4 Å². The van der Waals surface area contributed by atoms with Crippen LogP contribution in [0, 0.1) is 0 Å². The number of hydrogen-bond acceptors (Lipinski definition) is 2. The standard InChI is InChI=1S/C21H12F12N2/c1-10(18(22,23)24)3-12(4-11(2)19(25,26)27)16-8-34-9-17(35-16)13-5-14(20(28,29)30)7-15(6-13)21(31,32)33/h3-9H,1H2,2H3/b11-4+,12-3+. The van der Waals surface area contributed by atoms with Gasteiger partial charge in [-0.15, -0.1) is 0 Å². The molecule has 0 saturated heterocycles. The number of alkyl halides is 12. The molecular formula is C21H12F12N2. The zero-order valence-electron chi connectivity index (χ0n) is 17.2. The third-order valence-electron chi connectivity index (χ3n) is 4.33. The fourth-order valence-corrected chi connectivity index (χ4v) is 2.52. The Labute approximate surface area is 189 Å². The minimum atomic E-state index is -5.21. The second-order valence-corrected chi connectivity index (χ2v) is 7.03. The highest BCUT2D eigenvalue weighted by Gasteiger charge is 2.37. The van der Waals surface area contributed by atoms with Crippen LogP contribution in [0.4, 0.5) is 52.7 Å². The second-order valence-electron chi connectivity index (χ2n) is 7.03. The van der Waals surface area contributed by atoms with E-state index in [1.165, 1.54) is 0 Å². The second kappa shape index (κ2) is 9.38. The molecule has 35 heavy (non-hydrogen) atoms. The molecule has 1 heterocycles. The van der Waals surface area contributed by atoms with Crippen molar-refractivity contribution in [1.29, 1.82) is 0 Å². The predicted molar refractivity (Wildman–Crippen MR) is 100 cm³/mol. The lowest BCUT2D eigenvalue weighted by Crippen LogP contribution is -2.12. The first-order chi connectivity index (χ1) is 15.7. The van der Waals surface area contributed by atoms with Crippen LogP contribution < -0.4 is 0 Å². The van der Waals surface area contributed by atoms with E-state index in [9.17, 15) is 52.7 Å². The van der Waals surface area contributed by atoms with Gasteiger partial charge < -0.3 is 0 Å². The van der Waals surface area contributed by atoms with Crippen molar-refractivity contribution in [3.8, 4) is 11.3 Å². The molecule has 0 radical (unpaired) electrons. The van der Waals surface area contributed by atoms with E-state index in [0.717, 1.165) is 0 Å². The molecule has 0 aliphatic heterocycles. The van der Waals surface area contributed by atoms with Crippen LogP contribution in [0.5, 0.6) is 0 Å². The minimum Gasteiger partial charge on any atom is -0.260 e. The summed E-state index contributed by atoms with van der Waals surface area (Å²) in [6.07, 6.45) is -18.6. The highest BCUT2D eigenvalue weighted by atomic mass is 19.4. The van der Waals surface area contributed by atoms with Gasteiger partial charge in [0.1, 0.15) is 0 Å². The minimum absolute atomic E-state index is 0.158. The lowest BCUT2D eigenvalue weighted by molar-refractivity contribution is -0.143. The number of halogens is 12. The summed E-state index contributed by atoms with van der Waals surface area (Å²) in [5.74, 6) is 0. The lowest BCUT2D eigenvalue weighted by Gasteiger charge is -2.15. The van der Waals surface area contributed by atoms with Gasteiger partial charge in [-0.1, -0.05) is 6.58 Å². The van der Waals surface area contributed by atoms with Crippen LogP contribution in [-0.2, 0) is 12.4 Å². The van der Waals surface area contributed by atoms with Crippen molar-refractivity contribution in [2.75, 3.05) is 0 Å². The van der Waals surface area contributed by atoms with Crippen molar-refractivity contribution in [3.05, 3.63) is 77.3 Å². The molecule has 0 atom stereocenters. The summed E-state index contributed by atoms with van der Waals surface area (Å²) in [7, 11) is 0. The van der Waals surface area contributed by atoms with Crippen LogP contribution in [-0.4, -0.2) is 22.3 Å². The van der Waals surface area contributed by atoms with Crippen LogP contribution in [0.15, 0.2) is 60.5 Å². The average molecular weight is 520 g/mol. The molecule has 0 aliphatic rings. The number of hydrogen-bond donors (Lipinski definition) is 0. The van der Waals surface area contributed by atoms with E-state index in [0.29, 0.717) is 19.3 Å². The number of allylic oxidation sites excluding steroid dienone is 5. The molecule has 0 spiro atoms. The van der Waals surface area contributed by atoms with Crippen LogP contribution in [0.25, 0.3) is 16.8 Å². The van der Waals surface area contributed by atoms with Gasteiger partial charge in [-0.2, -0.15) is 52.7 Å². The van der Waals surface area contributed by atoms with Gasteiger partial charge in [-0.25, -0.2) is 4.98 Å². The summed E-state index contributed by atoms with van der Waals surface area (Å²) >= 11 is 0. The monoisotopic (exact) mass is 520 g/mol. The van der Waals surface area contributed by atoms with Gasteiger partial charge in [0.25, 0.3) is 0 Å². The smallest absolute Gasteiger partial charge is 0.260 e. The number of benzene rings is 1. The molecule has 0 aliphatic carbocycles. The van der Waals surface area contributed by atoms with E-state index < -0.39 is 69.5 Å².